The smallest absolute Gasteiger partial charge is 0.145 e. The molecule has 0 aromatic rings. The van der Waals surface area contributed by atoms with Gasteiger partial charge in [-0.15, -0.1) is 8.60 Å². The van der Waals surface area contributed by atoms with Gasteiger partial charge in [-0.05, 0) is 0 Å². The van der Waals surface area contributed by atoms with Gasteiger partial charge in [0.1, 0.15) is 0 Å². The maximum Gasteiger partial charge on any atom is 0.368 e. The van der Waals surface area contributed by atoms with Crippen molar-refractivity contribution in [1.82, 2.24) is 0 Å². The molecule has 0 aliphatic rings. The second-order valence-electron chi connectivity index (χ2n) is 4.27. The van der Waals surface area contributed by atoms with Gasteiger partial charge in [0.2, 0.25) is 0 Å². The monoisotopic (exact) mass is 194 g/mol. The van der Waals surface area contributed by atoms with Gasteiger partial charge in [-0.3, -0.25) is 0 Å². The van der Waals surface area contributed by atoms with Crippen LogP contribution in [0.15, 0.2) is 0 Å². The Kier molecular flexibility index (Phi) is 11.5. The fraction of sp³-hybridized carbons (Fsp3) is 1.00. The van der Waals surface area contributed by atoms with Crippen LogP contribution in [0.25, 0.3) is 0 Å². The Hall–Kier alpha value is 0.766. The van der Waals surface area contributed by atoms with Gasteiger partial charge in [0, 0.05) is 0 Å². The van der Waals surface area contributed by atoms with E-state index in [0.717, 1.165) is 4.05 Å². The van der Waals surface area contributed by atoms with Crippen molar-refractivity contribution in [3.8, 4) is 0 Å². The van der Waals surface area contributed by atoms with Crippen molar-refractivity contribution in [2.45, 2.75) is 74.3 Å². The molecule has 0 aromatic heterocycles. The number of hydrogen-bond donors (Lipinski definition) is 0. The first kappa shape index (κ1) is 13.8. The van der Waals surface area contributed by atoms with Crippen LogP contribution in [0.2, 0.25) is 8.60 Å². The van der Waals surface area contributed by atoms with E-state index >= 15 is 0 Å². The van der Waals surface area contributed by atoms with Crippen molar-refractivity contribution in [3.63, 3.8) is 0 Å². The third kappa shape index (κ3) is 9.08. The molecule has 0 saturated heterocycles. The van der Waals surface area contributed by atoms with Gasteiger partial charge in [0.25, 0.3) is 0 Å². The molecule has 0 amide bonds. The molecule has 13 heavy (non-hydrogen) atoms. The first-order valence-corrected chi connectivity index (χ1v) is 8.16. The summed E-state index contributed by atoms with van der Waals surface area (Å²) in [6.45, 7) is 7.00. The Labute approximate surface area is 94.6 Å². The lowest BCUT2D eigenvalue weighted by Crippen LogP contribution is -2.02. The molecule has 76 valence electrons. The Morgan fingerprint density at radius 2 is 1.62 bits per heavy atom. The van der Waals surface area contributed by atoms with Crippen LogP contribution in [0.5, 0.6) is 0 Å². The molecule has 0 aliphatic heterocycles. The Bertz CT molecular complexity index is 81.1. The molecule has 0 saturated carbocycles. The number of rotatable bonds is 9. The third-order valence-corrected chi connectivity index (χ3v) is 5.72. The quantitative estimate of drug-likeness (QED) is 0.369. The molecule has 0 N–H and O–H groups in total. The zero-order valence-electron chi connectivity index (χ0n) is 9.94. The summed E-state index contributed by atoms with van der Waals surface area (Å²) < 4.78 is 2.76. The van der Waals surface area contributed by atoms with Gasteiger partial charge in [-0.2, -0.15) is 0 Å². The predicted octanol–water partition coefficient (Wildman–Crippen LogP) is 4.69. The first-order chi connectivity index (χ1) is 6.35. The Balaban J connectivity index is 3.28. The van der Waals surface area contributed by atoms with E-state index < -0.39 is 0 Å². The van der Waals surface area contributed by atoms with Crippen LogP contribution >= 0.6 is 0 Å². The van der Waals surface area contributed by atoms with E-state index in [1.807, 2.05) is 0 Å². The minimum Gasteiger partial charge on any atom is -0.145 e. The lowest BCUT2D eigenvalue weighted by Gasteiger charge is -2.12. The van der Waals surface area contributed by atoms with Crippen LogP contribution in [0.4, 0.5) is 0 Å². The molecule has 0 rings (SSSR count). The molecule has 0 aliphatic carbocycles. The highest BCUT2D eigenvalue weighted by molar-refractivity contribution is 6.37. The SMILES string of the molecule is CCCCC[CH](CC)[Mg][CH2]CCC. The Morgan fingerprint density at radius 3 is 2.15 bits per heavy atom. The topological polar surface area (TPSA) is 0 Å². The van der Waals surface area contributed by atoms with Gasteiger partial charge < -0.3 is 0 Å². The van der Waals surface area contributed by atoms with Gasteiger partial charge in [0.05, 0.1) is 0 Å². The van der Waals surface area contributed by atoms with E-state index in [0.29, 0.717) is 0 Å². The second-order valence-corrected chi connectivity index (χ2v) is 6.70. The van der Waals surface area contributed by atoms with Crippen molar-refractivity contribution < 1.29 is 0 Å². The fourth-order valence-electron chi connectivity index (χ4n) is 1.92. The van der Waals surface area contributed by atoms with Crippen molar-refractivity contribution in [2.24, 2.45) is 0 Å². The fourth-order valence-corrected chi connectivity index (χ4v) is 4.27. The normalized spacial score (nSPS) is 12.5. The highest BCUT2D eigenvalue weighted by Gasteiger charge is 2.08. The van der Waals surface area contributed by atoms with Crippen LogP contribution in [0, 0.1) is 0 Å². The van der Waals surface area contributed by atoms with Crippen molar-refractivity contribution in [1.29, 1.82) is 0 Å². The van der Waals surface area contributed by atoms with Crippen LogP contribution in [-0.4, -0.2) is 20.4 Å². The molecule has 0 bridgehead atoms. The lowest BCUT2D eigenvalue weighted by atomic mass is 10.1. The van der Waals surface area contributed by atoms with Gasteiger partial charge >= 0.3 is 20.4 Å². The standard InChI is InChI=1S/C8H17.C4H9.Mg/c1-3-5-7-8-6-4-2;1-3-4-2;/h5H,3-4,6-8H2,1-2H3;1,3-4H2,2H3;. The summed E-state index contributed by atoms with van der Waals surface area (Å²) in [7, 11) is 0. The van der Waals surface area contributed by atoms with E-state index in [1.54, 1.807) is 11.0 Å². The minimum absolute atomic E-state index is 0.286. The third-order valence-electron chi connectivity index (χ3n) is 3.01. The van der Waals surface area contributed by atoms with Crippen molar-refractivity contribution in [2.75, 3.05) is 0 Å². The summed E-state index contributed by atoms with van der Waals surface area (Å²) in [6.07, 6.45) is 10.2. The van der Waals surface area contributed by atoms with Crippen LogP contribution < -0.4 is 0 Å². The van der Waals surface area contributed by atoms with E-state index in [9.17, 15) is 0 Å². The molecule has 1 atom stereocenters. The summed E-state index contributed by atoms with van der Waals surface area (Å²) in [5.41, 5.74) is 0. The molecule has 0 nitrogen and oxygen atoms in total. The molecule has 0 aromatic carbocycles. The van der Waals surface area contributed by atoms with E-state index in [-0.39, 0.29) is 20.4 Å². The molecular weight excluding hydrogens is 168 g/mol. The van der Waals surface area contributed by atoms with E-state index in [4.69, 9.17) is 0 Å². The lowest BCUT2D eigenvalue weighted by molar-refractivity contribution is 0.617. The average Bonchev–Trinajstić information content (AvgIpc) is 2.16. The summed E-state index contributed by atoms with van der Waals surface area (Å²) in [4.78, 5) is 0. The van der Waals surface area contributed by atoms with Gasteiger partial charge in [-0.1, -0.05) is 65.7 Å². The van der Waals surface area contributed by atoms with Crippen molar-refractivity contribution in [3.05, 3.63) is 0 Å². The highest BCUT2D eigenvalue weighted by Crippen LogP contribution is 2.20. The largest absolute Gasteiger partial charge is 0.368 e. The van der Waals surface area contributed by atoms with Gasteiger partial charge in [-0.25, -0.2) is 0 Å². The maximum atomic E-state index is 2.38. The molecule has 1 unspecified atom stereocenters. The van der Waals surface area contributed by atoms with E-state index in [2.05, 4.69) is 20.8 Å². The zero-order chi connectivity index (χ0) is 9.94. The molecule has 0 radical (unpaired) electrons. The van der Waals surface area contributed by atoms with E-state index in [1.165, 1.54) is 38.5 Å². The number of hydrogen-bond acceptors (Lipinski definition) is 0. The average molecular weight is 195 g/mol. The van der Waals surface area contributed by atoms with Crippen LogP contribution in [-0.2, 0) is 0 Å². The second kappa shape index (κ2) is 10.8. The molecular formula is C12H26Mg. The number of unbranched alkanes of at least 4 members (excludes halogenated alkanes) is 3. The summed E-state index contributed by atoms with van der Waals surface area (Å²) in [6, 6.07) is 0. The molecule has 0 spiro atoms. The zero-order valence-corrected chi connectivity index (χ0v) is 11.4. The molecule has 0 heterocycles. The first-order valence-electron chi connectivity index (χ1n) is 6.35. The van der Waals surface area contributed by atoms with Crippen LogP contribution in [0.1, 0.15) is 65.7 Å². The molecule has 1 heteroatoms. The van der Waals surface area contributed by atoms with Gasteiger partial charge in [0.15, 0.2) is 0 Å². The minimum atomic E-state index is 0.286. The summed E-state index contributed by atoms with van der Waals surface area (Å²) in [5.74, 6) is 0. The Morgan fingerprint density at radius 1 is 0.923 bits per heavy atom. The predicted molar refractivity (Wildman–Crippen MR) is 63.7 cm³/mol. The van der Waals surface area contributed by atoms with Crippen molar-refractivity contribution >= 4 is 20.4 Å². The van der Waals surface area contributed by atoms with Crippen LogP contribution in [0.3, 0.4) is 0 Å². The maximum absolute atomic E-state index is 2.38. The molecule has 0 fully saturated rings. The summed E-state index contributed by atoms with van der Waals surface area (Å²) >= 11 is 0.286. The summed E-state index contributed by atoms with van der Waals surface area (Å²) in [5, 5.41) is 0. The highest BCUT2D eigenvalue weighted by atomic mass is 24.5.